The molecule has 0 heterocycles. The highest BCUT2D eigenvalue weighted by Gasteiger charge is 2.00. The fraction of sp³-hybridized carbons (Fsp3) is 0.158. The lowest BCUT2D eigenvalue weighted by atomic mass is 10.2. The van der Waals surface area contributed by atoms with Crippen LogP contribution in [0.3, 0.4) is 0 Å². The first-order chi connectivity index (χ1) is 11.8. The molecule has 1 amide bonds. The van der Waals surface area contributed by atoms with Crippen molar-refractivity contribution in [2.45, 2.75) is 11.3 Å². The average molecular weight is 340 g/mol. The fourth-order valence-corrected chi connectivity index (χ4v) is 2.73. The van der Waals surface area contributed by atoms with Crippen molar-refractivity contribution in [1.29, 1.82) is 0 Å². The predicted molar refractivity (Wildman–Crippen MR) is 99.7 cm³/mol. The molecule has 1 N–H and O–H groups in total. The minimum absolute atomic E-state index is 0.103. The Balaban J connectivity index is 1.72. The van der Waals surface area contributed by atoms with Gasteiger partial charge in [0.2, 0.25) is 5.91 Å². The van der Waals surface area contributed by atoms with Crippen LogP contribution >= 0.6 is 11.8 Å². The van der Waals surface area contributed by atoms with Crippen LogP contribution < -0.4 is 10.2 Å². The molecule has 24 heavy (non-hydrogen) atoms. The molecule has 0 bridgehead atoms. The minimum Gasteiger partial charge on any atom is -0.490 e. The summed E-state index contributed by atoms with van der Waals surface area (Å²) in [6.45, 7) is 4.07. The van der Waals surface area contributed by atoms with Crippen LogP contribution in [0.5, 0.6) is 5.75 Å². The summed E-state index contributed by atoms with van der Waals surface area (Å²) in [5.41, 5.74) is 3.40. The third-order valence-corrected chi connectivity index (χ3v) is 3.98. The molecule has 0 saturated carbocycles. The predicted octanol–water partition coefficient (Wildman–Crippen LogP) is 3.88. The van der Waals surface area contributed by atoms with Crippen LogP contribution in [-0.4, -0.2) is 24.5 Å². The minimum atomic E-state index is -0.103. The largest absolute Gasteiger partial charge is 0.490 e. The lowest BCUT2D eigenvalue weighted by Gasteiger charge is -2.03. The Morgan fingerprint density at radius 2 is 2.04 bits per heavy atom. The van der Waals surface area contributed by atoms with Crippen LogP contribution in [0.1, 0.15) is 12.0 Å². The summed E-state index contributed by atoms with van der Waals surface area (Å²) < 4.78 is 5.45. The molecule has 0 saturated heterocycles. The topological polar surface area (TPSA) is 50.7 Å². The van der Waals surface area contributed by atoms with E-state index < -0.39 is 0 Å². The van der Waals surface area contributed by atoms with Gasteiger partial charge in [-0.1, -0.05) is 43.0 Å². The van der Waals surface area contributed by atoms with Gasteiger partial charge in [-0.25, -0.2) is 5.43 Å². The van der Waals surface area contributed by atoms with Gasteiger partial charge < -0.3 is 4.74 Å². The highest BCUT2D eigenvalue weighted by Crippen LogP contribution is 2.17. The van der Waals surface area contributed by atoms with Crippen molar-refractivity contribution < 1.29 is 9.53 Å². The number of benzene rings is 2. The number of ether oxygens (including phenoxy) is 1. The number of nitrogens with zero attached hydrogens (tertiary/aromatic N) is 1. The Bertz CT molecular complexity index is 687. The number of hydrazone groups is 1. The quantitative estimate of drug-likeness (QED) is 0.326. The Kier molecular flexibility index (Phi) is 7.63. The van der Waals surface area contributed by atoms with Crippen molar-refractivity contribution in [3.8, 4) is 5.75 Å². The Morgan fingerprint density at radius 1 is 1.21 bits per heavy atom. The second-order valence-electron chi connectivity index (χ2n) is 4.88. The van der Waals surface area contributed by atoms with E-state index in [0.717, 1.165) is 22.0 Å². The molecule has 2 aromatic rings. The van der Waals surface area contributed by atoms with Gasteiger partial charge in [0.1, 0.15) is 12.4 Å². The summed E-state index contributed by atoms with van der Waals surface area (Å²) in [7, 11) is 0. The van der Waals surface area contributed by atoms with Crippen LogP contribution in [0.15, 0.2) is 77.2 Å². The standard InChI is InChI=1S/C19H20N2O2S/c1-2-12-23-17-8-6-7-16(14-17)15-20-21-19(22)11-13-24-18-9-4-3-5-10-18/h2-10,14-15H,1,11-13H2,(H,21,22)/b20-15+. The number of hydrogen-bond donors (Lipinski definition) is 1. The zero-order valence-electron chi connectivity index (χ0n) is 13.4. The number of nitrogens with one attached hydrogen (secondary N) is 1. The van der Waals surface area contributed by atoms with Gasteiger partial charge in [0, 0.05) is 17.1 Å². The molecule has 0 atom stereocenters. The van der Waals surface area contributed by atoms with E-state index in [0.29, 0.717) is 13.0 Å². The van der Waals surface area contributed by atoms with E-state index in [4.69, 9.17) is 4.74 Å². The molecule has 0 unspecified atom stereocenters. The third kappa shape index (κ3) is 6.71. The van der Waals surface area contributed by atoms with Crippen LogP contribution in [0.2, 0.25) is 0 Å². The highest BCUT2D eigenvalue weighted by atomic mass is 32.2. The first-order valence-corrected chi connectivity index (χ1v) is 8.60. The van der Waals surface area contributed by atoms with Crippen LogP contribution in [0.4, 0.5) is 0 Å². The summed E-state index contributed by atoms with van der Waals surface area (Å²) in [5.74, 6) is 1.36. The summed E-state index contributed by atoms with van der Waals surface area (Å²) in [6.07, 6.45) is 3.71. The molecular weight excluding hydrogens is 320 g/mol. The average Bonchev–Trinajstić information content (AvgIpc) is 2.61. The van der Waals surface area contributed by atoms with Crippen LogP contribution in [0.25, 0.3) is 0 Å². The molecule has 0 aromatic heterocycles. The molecule has 5 heteroatoms. The van der Waals surface area contributed by atoms with Gasteiger partial charge in [0.05, 0.1) is 6.21 Å². The second-order valence-corrected chi connectivity index (χ2v) is 6.05. The molecule has 124 valence electrons. The Morgan fingerprint density at radius 3 is 2.83 bits per heavy atom. The third-order valence-electron chi connectivity index (χ3n) is 2.97. The van der Waals surface area contributed by atoms with Crippen molar-refractivity contribution in [3.63, 3.8) is 0 Å². The van der Waals surface area contributed by atoms with Crippen LogP contribution in [-0.2, 0) is 4.79 Å². The molecule has 0 aliphatic heterocycles. The van der Waals surface area contributed by atoms with Crippen molar-refractivity contribution in [1.82, 2.24) is 5.43 Å². The monoisotopic (exact) mass is 340 g/mol. The summed E-state index contributed by atoms with van der Waals surface area (Å²) in [5, 5.41) is 3.98. The summed E-state index contributed by atoms with van der Waals surface area (Å²) in [6, 6.07) is 17.5. The maximum Gasteiger partial charge on any atom is 0.240 e. The van der Waals surface area contributed by atoms with Gasteiger partial charge in [-0.15, -0.1) is 11.8 Å². The number of rotatable bonds is 9. The number of amides is 1. The fourth-order valence-electron chi connectivity index (χ4n) is 1.85. The van der Waals surface area contributed by atoms with E-state index in [1.807, 2.05) is 54.6 Å². The first kappa shape index (κ1) is 17.8. The van der Waals surface area contributed by atoms with E-state index in [1.165, 1.54) is 0 Å². The summed E-state index contributed by atoms with van der Waals surface area (Å²) in [4.78, 5) is 12.9. The molecule has 0 aliphatic carbocycles. The molecule has 0 radical (unpaired) electrons. The number of hydrogen-bond acceptors (Lipinski definition) is 4. The lowest BCUT2D eigenvalue weighted by molar-refractivity contribution is -0.120. The van der Waals surface area contributed by atoms with Crippen LogP contribution in [0, 0.1) is 0 Å². The van der Waals surface area contributed by atoms with E-state index >= 15 is 0 Å². The second kappa shape index (κ2) is 10.3. The van der Waals surface area contributed by atoms with Gasteiger partial charge in [-0.2, -0.15) is 5.10 Å². The molecule has 2 aromatic carbocycles. The zero-order valence-corrected chi connectivity index (χ0v) is 14.2. The van der Waals surface area contributed by atoms with Gasteiger partial charge >= 0.3 is 0 Å². The van der Waals surface area contributed by atoms with Gasteiger partial charge in [-0.05, 0) is 29.8 Å². The maximum absolute atomic E-state index is 11.8. The van der Waals surface area contributed by atoms with Gasteiger partial charge in [-0.3, -0.25) is 4.79 Å². The number of carbonyl (C=O) groups excluding carboxylic acids is 1. The van der Waals surface area contributed by atoms with E-state index in [-0.39, 0.29) is 5.91 Å². The van der Waals surface area contributed by atoms with E-state index in [2.05, 4.69) is 17.1 Å². The Hall–Kier alpha value is -2.53. The normalized spacial score (nSPS) is 10.5. The van der Waals surface area contributed by atoms with E-state index in [9.17, 15) is 4.79 Å². The molecule has 0 fully saturated rings. The summed E-state index contributed by atoms with van der Waals surface area (Å²) >= 11 is 1.65. The SMILES string of the molecule is C=CCOc1cccc(/C=N/NC(=O)CCSc2ccccc2)c1. The van der Waals surface area contributed by atoms with Gasteiger partial charge in [0.25, 0.3) is 0 Å². The van der Waals surface area contributed by atoms with E-state index in [1.54, 1.807) is 24.1 Å². The molecule has 2 rings (SSSR count). The van der Waals surface area contributed by atoms with Crippen molar-refractivity contribution in [2.24, 2.45) is 5.10 Å². The molecule has 0 aliphatic rings. The number of thioether (sulfide) groups is 1. The maximum atomic E-state index is 11.8. The highest BCUT2D eigenvalue weighted by molar-refractivity contribution is 7.99. The first-order valence-electron chi connectivity index (χ1n) is 7.61. The van der Waals surface area contributed by atoms with Crippen molar-refractivity contribution in [2.75, 3.05) is 12.4 Å². The smallest absolute Gasteiger partial charge is 0.240 e. The lowest BCUT2D eigenvalue weighted by Crippen LogP contribution is -2.17. The Labute approximate surface area is 146 Å². The van der Waals surface area contributed by atoms with Crippen molar-refractivity contribution >= 4 is 23.9 Å². The molecular formula is C19H20N2O2S. The molecule has 0 spiro atoms. The van der Waals surface area contributed by atoms with Crippen molar-refractivity contribution in [3.05, 3.63) is 72.8 Å². The number of carbonyl (C=O) groups is 1. The molecule has 4 nitrogen and oxygen atoms in total. The zero-order chi connectivity index (χ0) is 17.0. The van der Waals surface area contributed by atoms with Gasteiger partial charge in [0.15, 0.2) is 0 Å².